The van der Waals surface area contributed by atoms with Crippen molar-refractivity contribution in [1.82, 2.24) is 19.8 Å². The fourth-order valence-electron chi connectivity index (χ4n) is 3.42. The molecule has 9 heteroatoms. The average molecular weight is 422 g/mol. The Morgan fingerprint density at radius 3 is 2.32 bits per heavy atom. The highest BCUT2D eigenvalue weighted by Gasteiger charge is 2.51. The van der Waals surface area contributed by atoms with Crippen molar-refractivity contribution in [1.29, 1.82) is 0 Å². The normalized spacial score (nSPS) is 17.2. The maximum Gasteiger partial charge on any atom is 0.494 e. The minimum Gasteiger partial charge on any atom is -0.489 e. The molecule has 0 unspecified atom stereocenters. The van der Waals surface area contributed by atoms with Gasteiger partial charge in [0.05, 0.1) is 16.9 Å². The van der Waals surface area contributed by atoms with Gasteiger partial charge in [0.1, 0.15) is 12.4 Å². The largest absolute Gasteiger partial charge is 0.494 e. The Morgan fingerprint density at radius 2 is 1.71 bits per heavy atom. The van der Waals surface area contributed by atoms with Gasteiger partial charge >= 0.3 is 12.8 Å². The quantitative estimate of drug-likeness (QED) is 0.587. The maximum absolute atomic E-state index is 12.2. The van der Waals surface area contributed by atoms with Gasteiger partial charge in [0.25, 0.3) is 0 Å². The third-order valence-corrected chi connectivity index (χ3v) is 6.05. The molecule has 1 fully saturated rings. The smallest absolute Gasteiger partial charge is 0.489 e. The summed E-state index contributed by atoms with van der Waals surface area (Å²) >= 11 is 0. The second kappa shape index (κ2) is 7.65. The molecule has 0 radical (unpaired) electrons. The summed E-state index contributed by atoms with van der Waals surface area (Å²) in [5, 5.41) is 7.72. The molecule has 162 valence electrons. The molecule has 31 heavy (non-hydrogen) atoms. The summed E-state index contributed by atoms with van der Waals surface area (Å²) in [6.45, 7) is 10.4. The Morgan fingerprint density at radius 1 is 1.03 bits per heavy atom. The molecule has 0 aliphatic carbocycles. The first kappa shape index (κ1) is 21.3. The van der Waals surface area contributed by atoms with E-state index in [0.717, 1.165) is 22.3 Å². The average Bonchev–Trinajstić information content (AvgIpc) is 3.15. The van der Waals surface area contributed by atoms with Crippen molar-refractivity contribution >= 4 is 12.6 Å². The minimum absolute atomic E-state index is 0.288. The van der Waals surface area contributed by atoms with Crippen molar-refractivity contribution in [3.63, 3.8) is 0 Å². The van der Waals surface area contributed by atoms with E-state index in [1.807, 2.05) is 77.1 Å². The third kappa shape index (κ3) is 3.91. The summed E-state index contributed by atoms with van der Waals surface area (Å²) in [5.74, 6) is 0.751. The van der Waals surface area contributed by atoms with Crippen molar-refractivity contribution in [2.75, 3.05) is 0 Å². The summed E-state index contributed by atoms with van der Waals surface area (Å²) < 4.78 is 20.8. The van der Waals surface area contributed by atoms with Crippen LogP contribution >= 0.6 is 0 Å². The lowest BCUT2D eigenvalue weighted by Gasteiger charge is -2.32. The van der Waals surface area contributed by atoms with Crippen LogP contribution in [0.5, 0.6) is 5.75 Å². The zero-order chi connectivity index (χ0) is 22.4. The van der Waals surface area contributed by atoms with Gasteiger partial charge in [0, 0.05) is 12.6 Å². The number of tetrazole rings is 1. The monoisotopic (exact) mass is 422 g/mol. The van der Waals surface area contributed by atoms with E-state index in [-0.39, 0.29) is 23.5 Å². The molecule has 2 heterocycles. The molecular weight excluding hydrogens is 395 g/mol. The van der Waals surface area contributed by atoms with Crippen LogP contribution in [0.25, 0.3) is 5.69 Å². The van der Waals surface area contributed by atoms with Gasteiger partial charge in [-0.15, -0.1) is 0 Å². The van der Waals surface area contributed by atoms with Crippen LogP contribution in [0.15, 0.2) is 47.3 Å². The Hall–Kier alpha value is -2.91. The molecule has 0 saturated carbocycles. The molecule has 0 bridgehead atoms. The summed E-state index contributed by atoms with van der Waals surface area (Å²) in [6.07, 6.45) is 0. The standard InChI is InChI=1S/C22H27BN4O4/c1-15-13-17(23-30-21(2,3)22(4,5)31-23)11-12-19(15)29-14-16-9-7-8-10-18(16)27-20(28)26(6)24-25-27/h7-13H,14H2,1-6H3. The lowest BCUT2D eigenvalue weighted by molar-refractivity contribution is 0.00578. The Kier molecular flexibility index (Phi) is 5.27. The fourth-order valence-corrected chi connectivity index (χ4v) is 3.42. The van der Waals surface area contributed by atoms with E-state index in [9.17, 15) is 4.79 Å². The lowest BCUT2D eigenvalue weighted by atomic mass is 9.78. The van der Waals surface area contributed by atoms with E-state index in [0.29, 0.717) is 5.69 Å². The van der Waals surface area contributed by atoms with Gasteiger partial charge in [0.15, 0.2) is 0 Å². The molecule has 0 spiro atoms. The summed E-state index contributed by atoms with van der Waals surface area (Å²) in [6, 6.07) is 13.4. The Balaban J connectivity index is 1.52. The zero-order valence-electron chi connectivity index (χ0n) is 18.7. The molecular formula is C22H27BN4O4. The number of ether oxygens (including phenoxy) is 1. The van der Waals surface area contributed by atoms with Crippen molar-refractivity contribution in [2.24, 2.45) is 7.05 Å². The molecule has 1 saturated heterocycles. The second-order valence-corrected chi connectivity index (χ2v) is 8.83. The van der Waals surface area contributed by atoms with E-state index in [2.05, 4.69) is 10.4 Å². The maximum atomic E-state index is 12.2. The summed E-state index contributed by atoms with van der Waals surface area (Å²) in [4.78, 5) is 12.2. The molecule has 0 N–H and O–H groups in total. The van der Waals surface area contributed by atoms with Gasteiger partial charge in [-0.2, -0.15) is 9.36 Å². The van der Waals surface area contributed by atoms with E-state index in [1.54, 1.807) is 7.05 Å². The van der Waals surface area contributed by atoms with Crippen LogP contribution in [-0.4, -0.2) is 38.1 Å². The molecule has 0 atom stereocenters. The number of hydrogen-bond acceptors (Lipinski definition) is 6. The van der Waals surface area contributed by atoms with E-state index < -0.39 is 7.12 Å². The van der Waals surface area contributed by atoms with Crippen molar-refractivity contribution < 1.29 is 14.0 Å². The zero-order valence-corrected chi connectivity index (χ0v) is 18.7. The topological polar surface area (TPSA) is 80.4 Å². The number of aromatic nitrogens is 4. The van der Waals surface area contributed by atoms with Gasteiger partial charge < -0.3 is 14.0 Å². The van der Waals surface area contributed by atoms with Crippen LogP contribution in [0.3, 0.4) is 0 Å². The number of nitrogens with zero attached hydrogens (tertiary/aromatic N) is 4. The molecule has 2 aromatic carbocycles. The second-order valence-electron chi connectivity index (χ2n) is 8.83. The molecule has 3 aromatic rings. The predicted octanol–water partition coefficient (Wildman–Crippen LogP) is 2.15. The third-order valence-electron chi connectivity index (χ3n) is 6.05. The van der Waals surface area contributed by atoms with Crippen molar-refractivity contribution in [3.05, 3.63) is 64.1 Å². The first-order chi connectivity index (χ1) is 14.6. The first-order valence-corrected chi connectivity index (χ1v) is 10.3. The fraction of sp³-hybridized carbons (Fsp3) is 0.409. The van der Waals surface area contributed by atoms with Crippen LogP contribution in [-0.2, 0) is 23.0 Å². The Bertz CT molecular complexity index is 1150. The highest BCUT2D eigenvalue weighted by molar-refractivity contribution is 6.62. The molecule has 1 aromatic heterocycles. The van der Waals surface area contributed by atoms with Crippen LogP contribution in [0.4, 0.5) is 0 Å². The first-order valence-electron chi connectivity index (χ1n) is 10.3. The molecule has 8 nitrogen and oxygen atoms in total. The number of aryl methyl sites for hydroxylation is 2. The number of benzene rings is 2. The highest BCUT2D eigenvalue weighted by atomic mass is 16.7. The number of rotatable bonds is 5. The number of hydrogen-bond donors (Lipinski definition) is 0. The van der Waals surface area contributed by atoms with Gasteiger partial charge in [-0.3, -0.25) is 0 Å². The summed E-state index contributed by atoms with van der Waals surface area (Å²) in [5.41, 5.74) is 2.32. The van der Waals surface area contributed by atoms with E-state index in [1.165, 1.54) is 9.36 Å². The lowest BCUT2D eigenvalue weighted by Crippen LogP contribution is -2.41. The molecule has 4 rings (SSSR count). The Labute approximate surface area is 181 Å². The molecule has 0 amide bonds. The van der Waals surface area contributed by atoms with Gasteiger partial charge in [-0.05, 0) is 68.2 Å². The van der Waals surface area contributed by atoms with Gasteiger partial charge in [-0.1, -0.05) is 30.3 Å². The summed E-state index contributed by atoms with van der Waals surface area (Å²) in [7, 11) is 1.15. The van der Waals surface area contributed by atoms with Gasteiger partial charge in [0.2, 0.25) is 0 Å². The van der Waals surface area contributed by atoms with Crippen LogP contribution in [0.1, 0.15) is 38.8 Å². The van der Waals surface area contributed by atoms with E-state index in [4.69, 9.17) is 14.0 Å². The van der Waals surface area contributed by atoms with Crippen molar-refractivity contribution in [2.45, 2.75) is 52.4 Å². The van der Waals surface area contributed by atoms with Crippen molar-refractivity contribution in [3.8, 4) is 11.4 Å². The highest BCUT2D eigenvalue weighted by Crippen LogP contribution is 2.36. The minimum atomic E-state index is -0.415. The predicted molar refractivity (Wildman–Crippen MR) is 118 cm³/mol. The van der Waals surface area contributed by atoms with Crippen LogP contribution in [0.2, 0.25) is 0 Å². The van der Waals surface area contributed by atoms with Crippen LogP contribution < -0.4 is 15.9 Å². The number of para-hydroxylation sites is 1. The van der Waals surface area contributed by atoms with Crippen LogP contribution in [0, 0.1) is 6.92 Å². The van der Waals surface area contributed by atoms with Gasteiger partial charge in [-0.25, -0.2) is 4.79 Å². The van der Waals surface area contributed by atoms with E-state index >= 15 is 0 Å². The SMILES string of the molecule is Cc1cc(B2OC(C)(C)C(C)(C)O2)ccc1OCc1ccccc1-n1nnn(C)c1=O. The molecule has 1 aliphatic heterocycles. The molecule has 1 aliphatic rings.